The molecule has 0 spiro atoms. The Balaban J connectivity index is 0.00000115. The van der Waals surface area contributed by atoms with E-state index >= 15 is 0 Å². The summed E-state index contributed by atoms with van der Waals surface area (Å²) in [4.78, 5) is 17.4. The molecule has 0 atom stereocenters. The molecule has 7 heteroatoms. The van der Waals surface area contributed by atoms with E-state index in [1.165, 1.54) is 5.69 Å². The molecule has 37 heavy (non-hydrogen) atoms. The first-order chi connectivity index (χ1) is 18.0. The van der Waals surface area contributed by atoms with Gasteiger partial charge < -0.3 is 20.3 Å². The normalized spacial score (nSPS) is 19.6. The van der Waals surface area contributed by atoms with Gasteiger partial charge in [-0.25, -0.2) is 4.79 Å². The van der Waals surface area contributed by atoms with Crippen molar-refractivity contribution in [1.82, 2.24) is 10.2 Å². The van der Waals surface area contributed by atoms with Gasteiger partial charge in [0, 0.05) is 38.3 Å². The average Bonchev–Trinajstić information content (AvgIpc) is 2.93. The number of rotatable bonds is 6. The summed E-state index contributed by atoms with van der Waals surface area (Å²) in [5.74, 6) is 0.975. The van der Waals surface area contributed by atoms with Crippen LogP contribution in [0, 0.1) is 0 Å². The molecule has 2 N–H and O–H groups in total. The molecular formula is C30H47ClN4O2. The summed E-state index contributed by atoms with van der Waals surface area (Å²) in [6, 6.07) is 16.3. The maximum atomic E-state index is 12.4. The Morgan fingerprint density at radius 2 is 1.49 bits per heavy atom. The third-order valence-corrected chi connectivity index (χ3v) is 6.88. The third kappa shape index (κ3) is 9.42. The zero-order valence-corrected chi connectivity index (χ0v) is 24.4. The van der Waals surface area contributed by atoms with Crippen molar-refractivity contribution >= 4 is 29.0 Å². The Hall–Kier alpha value is -2.44. The second-order valence-electron chi connectivity index (χ2n) is 9.24. The molecule has 2 aromatic rings. The zero-order chi connectivity index (χ0) is 27.2. The minimum Gasteiger partial charge on any atom is -0.489 e. The summed E-state index contributed by atoms with van der Waals surface area (Å²) < 4.78 is 6.03. The molecule has 0 bridgehead atoms. The van der Waals surface area contributed by atoms with Gasteiger partial charge in [-0.15, -0.1) is 0 Å². The number of nitrogens with zero attached hydrogens (tertiary/aromatic N) is 2. The summed E-state index contributed by atoms with van der Waals surface area (Å²) >= 11 is 6.14. The fourth-order valence-corrected chi connectivity index (χ4v) is 5.07. The highest BCUT2D eigenvalue weighted by Crippen LogP contribution is 2.31. The van der Waals surface area contributed by atoms with E-state index in [4.69, 9.17) is 16.3 Å². The Morgan fingerprint density at radius 1 is 0.892 bits per heavy atom. The number of hydrogen-bond donors (Lipinski definition) is 2. The molecule has 0 aromatic heterocycles. The molecule has 1 aliphatic carbocycles. The monoisotopic (exact) mass is 530 g/mol. The largest absolute Gasteiger partial charge is 0.489 e. The van der Waals surface area contributed by atoms with E-state index in [1.807, 2.05) is 52.0 Å². The van der Waals surface area contributed by atoms with Gasteiger partial charge in [0.1, 0.15) is 5.75 Å². The number of nitrogens with one attached hydrogen (secondary N) is 2. The highest BCUT2D eigenvalue weighted by Gasteiger charge is 2.29. The molecule has 0 unspecified atom stereocenters. The molecule has 6 nitrogen and oxygen atoms in total. The fourth-order valence-electron chi connectivity index (χ4n) is 4.89. The van der Waals surface area contributed by atoms with E-state index < -0.39 is 0 Å². The van der Waals surface area contributed by atoms with Crippen LogP contribution in [0.25, 0.3) is 0 Å². The van der Waals surface area contributed by atoms with Gasteiger partial charge in [0.2, 0.25) is 0 Å². The molecule has 1 heterocycles. The van der Waals surface area contributed by atoms with Gasteiger partial charge in [-0.2, -0.15) is 0 Å². The topological polar surface area (TPSA) is 56.8 Å². The third-order valence-electron chi connectivity index (χ3n) is 6.55. The van der Waals surface area contributed by atoms with Crippen LogP contribution >= 0.6 is 11.6 Å². The number of ether oxygens (including phenoxy) is 1. The zero-order valence-electron chi connectivity index (χ0n) is 23.6. The number of halogens is 1. The second kappa shape index (κ2) is 16.4. The Bertz CT molecular complexity index is 923. The first kappa shape index (κ1) is 30.8. The smallest absolute Gasteiger partial charge is 0.319 e. The Labute approximate surface area is 229 Å². The predicted molar refractivity (Wildman–Crippen MR) is 158 cm³/mol. The number of amides is 2. The van der Waals surface area contributed by atoms with E-state index in [0.29, 0.717) is 16.8 Å². The van der Waals surface area contributed by atoms with Crippen molar-refractivity contribution in [1.29, 1.82) is 0 Å². The quantitative estimate of drug-likeness (QED) is 0.407. The van der Waals surface area contributed by atoms with Gasteiger partial charge in [-0.3, -0.25) is 4.90 Å². The van der Waals surface area contributed by atoms with Crippen LogP contribution in [0.4, 0.5) is 16.2 Å². The summed E-state index contributed by atoms with van der Waals surface area (Å²) in [5, 5.41) is 6.53. The first-order valence-electron chi connectivity index (χ1n) is 14.1. The van der Waals surface area contributed by atoms with Crippen molar-refractivity contribution in [3.63, 3.8) is 0 Å². The van der Waals surface area contributed by atoms with E-state index in [1.54, 1.807) is 6.07 Å². The molecule has 1 aliphatic heterocycles. The summed E-state index contributed by atoms with van der Waals surface area (Å²) in [5.41, 5.74) is 1.84. The van der Waals surface area contributed by atoms with Gasteiger partial charge in [-0.1, -0.05) is 63.6 Å². The van der Waals surface area contributed by atoms with E-state index in [9.17, 15) is 4.79 Å². The number of anilines is 2. The van der Waals surface area contributed by atoms with Crippen molar-refractivity contribution in [2.75, 3.05) is 36.4 Å². The lowest BCUT2D eigenvalue weighted by atomic mass is 9.90. The van der Waals surface area contributed by atoms with Gasteiger partial charge in [0.25, 0.3) is 0 Å². The van der Waals surface area contributed by atoms with Crippen molar-refractivity contribution < 1.29 is 9.53 Å². The number of para-hydroxylation sites is 3. The van der Waals surface area contributed by atoms with Crippen LogP contribution in [0.1, 0.15) is 67.2 Å². The van der Waals surface area contributed by atoms with E-state index in [-0.39, 0.29) is 18.2 Å². The van der Waals surface area contributed by atoms with Crippen LogP contribution in [-0.2, 0) is 0 Å². The standard InChI is InChI=1S/C26H35ClN4O2.2C2H6/c1-19(2)33-25-10-6-5-9-24(25)31-17-15-30(16-18-31)21-13-11-20(12-14-21)28-26(32)29-23-8-4-3-7-22(23)27;2*1-2/h3-10,19-21H,11-18H2,1-2H3,(H2,28,29,32);2*1-2H3. The molecule has 4 rings (SSSR count). The van der Waals surface area contributed by atoms with Crippen LogP contribution in [0.3, 0.4) is 0 Å². The van der Waals surface area contributed by atoms with Crippen LogP contribution in [0.2, 0.25) is 5.02 Å². The molecule has 2 aromatic carbocycles. The van der Waals surface area contributed by atoms with Crippen molar-refractivity contribution in [2.45, 2.75) is 85.4 Å². The van der Waals surface area contributed by atoms with Crippen LogP contribution < -0.4 is 20.3 Å². The predicted octanol–water partition coefficient (Wildman–Crippen LogP) is 7.43. The van der Waals surface area contributed by atoms with E-state index in [0.717, 1.165) is 57.6 Å². The second-order valence-corrected chi connectivity index (χ2v) is 9.65. The van der Waals surface area contributed by atoms with Gasteiger partial charge in [-0.05, 0) is 63.8 Å². The first-order valence-corrected chi connectivity index (χ1v) is 14.4. The minimum atomic E-state index is -0.178. The van der Waals surface area contributed by atoms with Crippen molar-refractivity contribution in [3.05, 3.63) is 53.6 Å². The Morgan fingerprint density at radius 3 is 2.11 bits per heavy atom. The molecule has 2 amide bonds. The minimum absolute atomic E-state index is 0.169. The molecule has 2 fully saturated rings. The average molecular weight is 531 g/mol. The van der Waals surface area contributed by atoms with Crippen molar-refractivity contribution in [2.24, 2.45) is 0 Å². The summed E-state index contributed by atoms with van der Waals surface area (Å²) in [6.07, 6.45) is 4.41. The molecule has 1 saturated heterocycles. The number of urea groups is 1. The summed E-state index contributed by atoms with van der Waals surface area (Å²) in [7, 11) is 0. The molecule has 206 valence electrons. The molecular weight excluding hydrogens is 484 g/mol. The van der Waals surface area contributed by atoms with Gasteiger partial charge in [0.05, 0.1) is 22.5 Å². The molecule has 2 aliphatic rings. The number of benzene rings is 2. The summed E-state index contributed by atoms with van der Waals surface area (Å²) in [6.45, 7) is 16.3. The number of carbonyl (C=O) groups excluding carboxylic acids is 1. The lowest BCUT2D eigenvalue weighted by molar-refractivity contribution is 0.137. The van der Waals surface area contributed by atoms with Crippen molar-refractivity contribution in [3.8, 4) is 5.75 Å². The maximum absolute atomic E-state index is 12.4. The SMILES string of the molecule is CC.CC.CC(C)Oc1ccccc1N1CCN(C2CCC(NC(=O)Nc3ccccc3Cl)CC2)CC1. The number of hydrogen-bond acceptors (Lipinski definition) is 4. The Kier molecular flexibility index (Phi) is 13.7. The lowest BCUT2D eigenvalue weighted by Crippen LogP contribution is -2.52. The maximum Gasteiger partial charge on any atom is 0.319 e. The lowest BCUT2D eigenvalue weighted by Gasteiger charge is -2.43. The van der Waals surface area contributed by atoms with Crippen LogP contribution in [-0.4, -0.2) is 55.3 Å². The van der Waals surface area contributed by atoms with Crippen LogP contribution in [0.5, 0.6) is 5.75 Å². The molecule has 1 saturated carbocycles. The molecule has 0 radical (unpaired) electrons. The fraction of sp³-hybridized carbons (Fsp3) is 0.567. The highest BCUT2D eigenvalue weighted by atomic mass is 35.5. The van der Waals surface area contributed by atoms with Gasteiger partial charge in [0.15, 0.2) is 0 Å². The highest BCUT2D eigenvalue weighted by molar-refractivity contribution is 6.33. The van der Waals surface area contributed by atoms with Crippen LogP contribution in [0.15, 0.2) is 48.5 Å². The number of carbonyl (C=O) groups is 1. The van der Waals surface area contributed by atoms with E-state index in [2.05, 4.69) is 52.5 Å². The number of piperazine rings is 1. The van der Waals surface area contributed by atoms with Gasteiger partial charge >= 0.3 is 6.03 Å².